The topological polar surface area (TPSA) is 69.0 Å². The lowest BCUT2D eigenvalue weighted by Gasteiger charge is -2.10. The Morgan fingerprint density at radius 2 is 2.06 bits per heavy atom. The van der Waals surface area contributed by atoms with Gasteiger partial charge in [-0.25, -0.2) is 0 Å². The van der Waals surface area contributed by atoms with E-state index in [1.807, 2.05) is 54.0 Å². The minimum absolute atomic E-state index is 0.0984. The van der Waals surface area contributed by atoms with E-state index in [2.05, 4.69) is 38.0 Å². The number of hydrogen-bond donors (Lipinski definition) is 1. The molecule has 1 aromatic heterocycles. The van der Waals surface area contributed by atoms with E-state index >= 15 is 0 Å². The van der Waals surface area contributed by atoms with E-state index in [9.17, 15) is 4.79 Å². The van der Waals surface area contributed by atoms with Crippen LogP contribution >= 0.6 is 39.3 Å². The highest BCUT2D eigenvalue weighted by atomic mass is 79.9. The molecule has 168 valence electrons. The third-order valence-corrected chi connectivity index (χ3v) is 6.24. The van der Waals surface area contributed by atoms with Crippen LogP contribution in [0.5, 0.6) is 5.75 Å². The second-order valence-corrected chi connectivity index (χ2v) is 9.30. The zero-order valence-electron chi connectivity index (χ0n) is 17.7. The van der Waals surface area contributed by atoms with Crippen LogP contribution in [-0.4, -0.2) is 33.0 Å². The van der Waals surface area contributed by atoms with Gasteiger partial charge < -0.3 is 14.6 Å². The van der Waals surface area contributed by atoms with Gasteiger partial charge in [-0.05, 0) is 61.4 Å². The SMILES string of the molecule is C=CCn1c(CCCOc2ccc(Cl)cc2C)nnc1SCC(=O)Nc1ccc(Br)cc1. The van der Waals surface area contributed by atoms with Gasteiger partial charge in [-0.3, -0.25) is 4.79 Å². The lowest BCUT2D eigenvalue weighted by molar-refractivity contribution is -0.113. The molecule has 0 fully saturated rings. The Labute approximate surface area is 205 Å². The molecular weight excluding hydrogens is 512 g/mol. The molecule has 0 aliphatic rings. The summed E-state index contributed by atoms with van der Waals surface area (Å²) >= 11 is 10.7. The summed E-state index contributed by atoms with van der Waals surface area (Å²) in [5, 5.41) is 12.9. The summed E-state index contributed by atoms with van der Waals surface area (Å²) in [6.07, 6.45) is 3.29. The van der Waals surface area contributed by atoms with Crippen LogP contribution in [0.3, 0.4) is 0 Å². The number of anilines is 1. The molecule has 3 rings (SSSR count). The summed E-state index contributed by atoms with van der Waals surface area (Å²) < 4.78 is 8.81. The van der Waals surface area contributed by atoms with Gasteiger partial charge in [0.25, 0.3) is 0 Å². The molecule has 1 N–H and O–H groups in total. The summed E-state index contributed by atoms with van der Waals surface area (Å²) in [7, 11) is 0. The number of benzene rings is 2. The van der Waals surface area contributed by atoms with Crippen molar-refractivity contribution in [3.8, 4) is 5.75 Å². The fraction of sp³-hybridized carbons (Fsp3) is 0.261. The fourth-order valence-corrected chi connectivity index (χ4v) is 4.23. The highest BCUT2D eigenvalue weighted by Crippen LogP contribution is 2.23. The van der Waals surface area contributed by atoms with Crippen molar-refractivity contribution in [3.05, 3.63) is 76.0 Å². The molecule has 3 aromatic rings. The predicted octanol–water partition coefficient (Wildman–Crippen LogP) is 5.93. The average molecular weight is 536 g/mol. The number of nitrogens with zero attached hydrogens (tertiary/aromatic N) is 3. The van der Waals surface area contributed by atoms with Crippen LogP contribution < -0.4 is 10.1 Å². The molecule has 2 aromatic carbocycles. The monoisotopic (exact) mass is 534 g/mol. The Morgan fingerprint density at radius 3 is 2.78 bits per heavy atom. The molecule has 1 heterocycles. The quantitative estimate of drug-likeness (QED) is 0.187. The van der Waals surface area contributed by atoms with E-state index in [1.165, 1.54) is 11.8 Å². The predicted molar refractivity (Wildman–Crippen MR) is 134 cm³/mol. The molecule has 0 saturated heterocycles. The van der Waals surface area contributed by atoms with Crippen LogP contribution in [-0.2, 0) is 17.8 Å². The molecule has 0 bridgehead atoms. The van der Waals surface area contributed by atoms with Crippen molar-refractivity contribution >= 4 is 50.9 Å². The maximum atomic E-state index is 12.3. The molecule has 0 aliphatic carbocycles. The van der Waals surface area contributed by atoms with Crippen molar-refractivity contribution < 1.29 is 9.53 Å². The van der Waals surface area contributed by atoms with Crippen molar-refractivity contribution in [2.24, 2.45) is 0 Å². The number of allylic oxidation sites excluding steroid dienone is 1. The second kappa shape index (κ2) is 12.1. The van der Waals surface area contributed by atoms with Gasteiger partial charge in [0, 0.05) is 28.1 Å². The van der Waals surface area contributed by atoms with Gasteiger partial charge in [0.2, 0.25) is 5.91 Å². The van der Waals surface area contributed by atoms with E-state index in [0.717, 1.165) is 33.7 Å². The Balaban J connectivity index is 1.52. The molecular formula is C23H24BrClN4O2S. The molecule has 0 radical (unpaired) electrons. The normalized spacial score (nSPS) is 10.7. The maximum absolute atomic E-state index is 12.3. The summed E-state index contributed by atoms with van der Waals surface area (Å²) in [5.41, 5.74) is 1.76. The first-order valence-electron chi connectivity index (χ1n) is 10.1. The van der Waals surface area contributed by atoms with E-state index in [4.69, 9.17) is 16.3 Å². The summed E-state index contributed by atoms with van der Waals surface area (Å²) in [6, 6.07) is 13.0. The molecule has 0 atom stereocenters. The number of amides is 1. The molecule has 0 unspecified atom stereocenters. The van der Waals surface area contributed by atoms with Gasteiger partial charge in [-0.15, -0.1) is 16.8 Å². The lowest BCUT2D eigenvalue weighted by Crippen LogP contribution is -2.14. The molecule has 9 heteroatoms. The maximum Gasteiger partial charge on any atom is 0.234 e. The second-order valence-electron chi connectivity index (χ2n) is 7.00. The minimum atomic E-state index is -0.0984. The van der Waals surface area contributed by atoms with Crippen molar-refractivity contribution in [1.82, 2.24) is 14.8 Å². The number of carbonyl (C=O) groups is 1. The van der Waals surface area contributed by atoms with E-state index in [1.54, 1.807) is 6.08 Å². The van der Waals surface area contributed by atoms with E-state index < -0.39 is 0 Å². The van der Waals surface area contributed by atoms with Crippen LogP contribution in [0.1, 0.15) is 17.8 Å². The summed E-state index contributed by atoms with van der Waals surface area (Å²) in [5.74, 6) is 1.82. The highest BCUT2D eigenvalue weighted by molar-refractivity contribution is 9.10. The van der Waals surface area contributed by atoms with Gasteiger partial charge in [0.1, 0.15) is 11.6 Å². The van der Waals surface area contributed by atoms with Crippen molar-refractivity contribution in [3.63, 3.8) is 0 Å². The van der Waals surface area contributed by atoms with Crippen LogP contribution in [0.4, 0.5) is 5.69 Å². The smallest absolute Gasteiger partial charge is 0.234 e. The number of halogens is 2. The zero-order chi connectivity index (χ0) is 22.9. The van der Waals surface area contributed by atoms with Gasteiger partial charge in [-0.2, -0.15) is 0 Å². The zero-order valence-corrected chi connectivity index (χ0v) is 20.8. The molecule has 0 spiro atoms. The van der Waals surface area contributed by atoms with Crippen LogP contribution in [0.2, 0.25) is 5.02 Å². The number of nitrogens with one attached hydrogen (secondary N) is 1. The fourth-order valence-electron chi connectivity index (χ4n) is 2.97. The Bertz CT molecular complexity index is 1070. The van der Waals surface area contributed by atoms with Crippen LogP contribution in [0.25, 0.3) is 0 Å². The standard InChI is InChI=1S/C23H24BrClN4O2S/c1-3-12-29-21(5-4-13-31-20-11-8-18(25)14-16(20)2)27-28-23(29)32-15-22(30)26-19-9-6-17(24)7-10-19/h3,6-11,14H,1,4-5,12-13,15H2,2H3,(H,26,30). The van der Waals surface area contributed by atoms with E-state index in [0.29, 0.717) is 29.8 Å². The number of rotatable bonds is 11. The molecule has 1 amide bonds. The largest absolute Gasteiger partial charge is 0.493 e. The van der Waals surface area contributed by atoms with Crippen molar-refractivity contribution in [2.75, 3.05) is 17.7 Å². The highest BCUT2D eigenvalue weighted by Gasteiger charge is 2.14. The molecule has 32 heavy (non-hydrogen) atoms. The first-order chi connectivity index (χ1) is 15.5. The first-order valence-corrected chi connectivity index (χ1v) is 12.2. The number of carbonyl (C=O) groups excluding carboxylic acids is 1. The van der Waals surface area contributed by atoms with Crippen molar-refractivity contribution in [1.29, 1.82) is 0 Å². The Kier molecular flexibility index (Phi) is 9.20. The van der Waals surface area contributed by atoms with Gasteiger partial charge in [-0.1, -0.05) is 45.4 Å². The number of hydrogen-bond acceptors (Lipinski definition) is 5. The Morgan fingerprint density at radius 1 is 1.28 bits per heavy atom. The molecule has 0 saturated carbocycles. The molecule has 0 aliphatic heterocycles. The van der Waals surface area contributed by atoms with Crippen LogP contribution in [0.15, 0.2) is 64.7 Å². The van der Waals surface area contributed by atoms with Crippen molar-refractivity contribution in [2.45, 2.75) is 31.5 Å². The third kappa shape index (κ3) is 7.12. The third-order valence-electron chi connectivity index (χ3n) is 4.50. The average Bonchev–Trinajstić information content (AvgIpc) is 3.14. The Hall–Kier alpha value is -2.29. The molecule has 6 nitrogen and oxygen atoms in total. The number of aryl methyl sites for hydroxylation is 2. The van der Waals surface area contributed by atoms with E-state index in [-0.39, 0.29) is 11.7 Å². The minimum Gasteiger partial charge on any atom is -0.493 e. The van der Waals surface area contributed by atoms with Gasteiger partial charge in [0.05, 0.1) is 12.4 Å². The lowest BCUT2D eigenvalue weighted by atomic mass is 10.2. The van der Waals surface area contributed by atoms with Gasteiger partial charge in [0.15, 0.2) is 5.16 Å². The number of aromatic nitrogens is 3. The number of ether oxygens (including phenoxy) is 1. The first kappa shape index (κ1) is 24.4. The number of thioether (sulfide) groups is 1. The summed E-state index contributed by atoms with van der Waals surface area (Å²) in [4.78, 5) is 12.3. The summed E-state index contributed by atoms with van der Waals surface area (Å²) in [6.45, 7) is 6.93. The van der Waals surface area contributed by atoms with Crippen LogP contribution in [0, 0.1) is 6.92 Å². The van der Waals surface area contributed by atoms with Gasteiger partial charge >= 0.3 is 0 Å².